The molecule has 0 aliphatic carbocycles. The molecular weight excluding hydrogens is 438 g/mol. The molecule has 0 saturated carbocycles. The number of halogens is 3. The van der Waals surface area contributed by atoms with Crippen molar-refractivity contribution in [1.29, 1.82) is 0 Å². The Morgan fingerprint density at radius 1 is 1.00 bits per heavy atom. The molecular formula is C24H17Cl2FN2O2. The third-order valence-corrected chi connectivity index (χ3v) is 5.10. The number of ether oxygens (including phenoxy) is 1. The molecule has 4 aromatic rings. The second-order valence-corrected chi connectivity index (χ2v) is 7.53. The monoisotopic (exact) mass is 454 g/mol. The summed E-state index contributed by atoms with van der Waals surface area (Å²) in [5, 5.41) is 0.971. The van der Waals surface area contributed by atoms with Crippen LogP contribution in [0.25, 0.3) is 28.3 Å². The molecule has 0 bridgehead atoms. The average Bonchev–Trinajstić information content (AvgIpc) is 3.15. The van der Waals surface area contributed by atoms with Crippen molar-refractivity contribution in [2.45, 2.75) is 6.92 Å². The number of nitrogens with zero attached hydrogens (tertiary/aromatic N) is 2. The first-order valence-electron chi connectivity index (χ1n) is 9.56. The number of carbonyl (C=O) groups is 1. The molecule has 0 saturated heterocycles. The second-order valence-electron chi connectivity index (χ2n) is 6.66. The summed E-state index contributed by atoms with van der Waals surface area (Å²) < 4.78 is 21.7. The summed E-state index contributed by atoms with van der Waals surface area (Å²) in [6, 6.07) is 20.3. The highest BCUT2D eigenvalue weighted by Gasteiger charge is 2.27. The molecule has 0 aliphatic rings. The lowest BCUT2D eigenvalue weighted by Crippen LogP contribution is -2.08. The quantitative estimate of drug-likeness (QED) is 0.310. The lowest BCUT2D eigenvalue weighted by atomic mass is 10.1. The number of hydrogen-bond donors (Lipinski definition) is 0. The third-order valence-electron chi connectivity index (χ3n) is 4.63. The molecule has 4 rings (SSSR count). The van der Waals surface area contributed by atoms with E-state index in [0.29, 0.717) is 27.0 Å². The molecule has 0 radical (unpaired) electrons. The van der Waals surface area contributed by atoms with Crippen molar-refractivity contribution in [3.05, 3.63) is 94.4 Å². The molecule has 4 nitrogen and oxygen atoms in total. The van der Waals surface area contributed by atoms with E-state index in [0.717, 1.165) is 0 Å². The number of aromatic nitrogens is 2. The van der Waals surface area contributed by atoms with Crippen LogP contribution in [0.15, 0.2) is 72.8 Å². The number of esters is 1. The van der Waals surface area contributed by atoms with Gasteiger partial charge in [0, 0.05) is 21.3 Å². The summed E-state index contributed by atoms with van der Waals surface area (Å²) in [7, 11) is 0. The second kappa shape index (κ2) is 8.92. The highest BCUT2D eigenvalue weighted by atomic mass is 35.5. The van der Waals surface area contributed by atoms with Crippen molar-refractivity contribution in [2.24, 2.45) is 0 Å². The highest BCUT2D eigenvalue weighted by molar-refractivity contribution is 6.31. The number of benzene rings is 3. The van der Waals surface area contributed by atoms with E-state index in [9.17, 15) is 9.18 Å². The van der Waals surface area contributed by atoms with E-state index in [-0.39, 0.29) is 23.7 Å². The zero-order valence-corrected chi connectivity index (χ0v) is 18.0. The normalized spacial score (nSPS) is 10.8. The fourth-order valence-corrected chi connectivity index (χ4v) is 3.73. The van der Waals surface area contributed by atoms with E-state index >= 15 is 0 Å². The van der Waals surface area contributed by atoms with E-state index in [1.807, 2.05) is 0 Å². The van der Waals surface area contributed by atoms with Crippen LogP contribution < -0.4 is 0 Å². The van der Waals surface area contributed by atoms with Crippen molar-refractivity contribution >= 4 is 29.2 Å². The van der Waals surface area contributed by atoms with Gasteiger partial charge in [0.05, 0.1) is 17.9 Å². The van der Waals surface area contributed by atoms with Gasteiger partial charge in [0.25, 0.3) is 0 Å². The molecule has 1 heterocycles. The SMILES string of the molecule is CCOC(=O)c1nc(-c2ccccc2F)n(-c2cccc(Cl)c2)c1-c1cccc(Cl)c1. The lowest BCUT2D eigenvalue weighted by Gasteiger charge is -2.14. The standard InChI is InChI=1S/C24H17Cl2FN2O2/c1-2-31-24(30)21-22(15-7-5-8-16(25)13-15)29(18-10-6-9-17(26)14-18)23(28-21)19-11-3-4-12-20(19)27/h3-14H,2H2,1H3. The molecule has 0 fully saturated rings. The Kier molecular flexibility index (Phi) is 6.07. The Morgan fingerprint density at radius 3 is 2.39 bits per heavy atom. The van der Waals surface area contributed by atoms with E-state index in [4.69, 9.17) is 27.9 Å². The fraction of sp³-hybridized carbons (Fsp3) is 0.0833. The predicted molar refractivity (Wildman–Crippen MR) is 120 cm³/mol. The van der Waals surface area contributed by atoms with Crippen molar-refractivity contribution in [3.63, 3.8) is 0 Å². The molecule has 3 aromatic carbocycles. The smallest absolute Gasteiger partial charge is 0.359 e. The minimum Gasteiger partial charge on any atom is -0.461 e. The summed E-state index contributed by atoms with van der Waals surface area (Å²) in [4.78, 5) is 17.4. The maximum atomic E-state index is 14.8. The topological polar surface area (TPSA) is 44.1 Å². The van der Waals surface area contributed by atoms with Gasteiger partial charge in [-0.2, -0.15) is 0 Å². The average molecular weight is 455 g/mol. The Labute approximate surface area is 188 Å². The third kappa shape index (κ3) is 4.20. The van der Waals surface area contributed by atoms with Gasteiger partial charge in [-0.1, -0.05) is 53.5 Å². The first-order valence-corrected chi connectivity index (χ1v) is 10.3. The Hall–Kier alpha value is -3.15. The summed E-state index contributed by atoms with van der Waals surface area (Å²) in [5.41, 5.74) is 1.97. The van der Waals surface area contributed by atoms with Crippen molar-refractivity contribution in [2.75, 3.05) is 6.61 Å². The largest absolute Gasteiger partial charge is 0.461 e. The molecule has 156 valence electrons. The Balaban J connectivity index is 2.12. The number of hydrogen-bond acceptors (Lipinski definition) is 3. The molecule has 0 unspecified atom stereocenters. The molecule has 0 N–H and O–H groups in total. The molecule has 0 aliphatic heterocycles. The molecule has 0 spiro atoms. The van der Waals surface area contributed by atoms with Gasteiger partial charge >= 0.3 is 5.97 Å². The van der Waals surface area contributed by atoms with Gasteiger partial charge in [-0.3, -0.25) is 4.57 Å². The number of carbonyl (C=O) groups excluding carboxylic acids is 1. The maximum Gasteiger partial charge on any atom is 0.359 e. The van der Waals surface area contributed by atoms with Gasteiger partial charge < -0.3 is 4.74 Å². The first-order chi connectivity index (χ1) is 15.0. The Bertz CT molecular complexity index is 1270. The van der Waals surface area contributed by atoms with Gasteiger partial charge in [-0.05, 0) is 49.4 Å². The summed E-state index contributed by atoms with van der Waals surface area (Å²) in [6.45, 7) is 1.88. The molecule has 0 amide bonds. The number of imidazole rings is 1. The van der Waals surface area contributed by atoms with Gasteiger partial charge in [-0.25, -0.2) is 14.2 Å². The minimum atomic E-state index is -0.615. The Morgan fingerprint density at radius 2 is 1.71 bits per heavy atom. The van der Waals surface area contributed by atoms with Crippen LogP contribution in [0.3, 0.4) is 0 Å². The van der Waals surface area contributed by atoms with Crippen LogP contribution in [-0.4, -0.2) is 22.1 Å². The first kappa shape index (κ1) is 21.1. The van der Waals surface area contributed by atoms with Crippen LogP contribution in [0.2, 0.25) is 10.0 Å². The summed E-state index contributed by atoms with van der Waals surface area (Å²) >= 11 is 12.5. The molecule has 0 atom stereocenters. The van der Waals surface area contributed by atoms with Crippen LogP contribution in [0.5, 0.6) is 0 Å². The van der Waals surface area contributed by atoms with Gasteiger partial charge in [-0.15, -0.1) is 0 Å². The van der Waals surface area contributed by atoms with E-state index in [1.54, 1.807) is 78.2 Å². The zero-order valence-electron chi connectivity index (χ0n) is 16.5. The lowest BCUT2D eigenvalue weighted by molar-refractivity contribution is 0.0521. The van der Waals surface area contributed by atoms with Crippen LogP contribution in [0.1, 0.15) is 17.4 Å². The van der Waals surface area contributed by atoms with E-state index in [1.165, 1.54) is 6.07 Å². The minimum absolute atomic E-state index is 0.0577. The van der Waals surface area contributed by atoms with Crippen molar-refractivity contribution in [3.8, 4) is 28.3 Å². The highest BCUT2D eigenvalue weighted by Crippen LogP contribution is 2.36. The maximum absolute atomic E-state index is 14.8. The molecule has 31 heavy (non-hydrogen) atoms. The zero-order chi connectivity index (χ0) is 22.0. The van der Waals surface area contributed by atoms with Gasteiger partial charge in [0.15, 0.2) is 5.69 Å². The van der Waals surface area contributed by atoms with Crippen LogP contribution in [0.4, 0.5) is 4.39 Å². The fourth-order valence-electron chi connectivity index (χ4n) is 3.35. The van der Waals surface area contributed by atoms with Gasteiger partial charge in [0.1, 0.15) is 11.6 Å². The van der Waals surface area contributed by atoms with Crippen LogP contribution in [0, 0.1) is 5.82 Å². The van der Waals surface area contributed by atoms with Crippen molar-refractivity contribution < 1.29 is 13.9 Å². The summed E-state index contributed by atoms with van der Waals surface area (Å²) in [5.74, 6) is -0.835. The van der Waals surface area contributed by atoms with Crippen LogP contribution in [-0.2, 0) is 4.74 Å². The predicted octanol–water partition coefficient (Wildman–Crippen LogP) is 6.83. The van der Waals surface area contributed by atoms with E-state index in [2.05, 4.69) is 4.98 Å². The van der Waals surface area contributed by atoms with Crippen molar-refractivity contribution in [1.82, 2.24) is 9.55 Å². The summed E-state index contributed by atoms with van der Waals surface area (Å²) in [6.07, 6.45) is 0. The van der Waals surface area contributed by atoms with Gasteiger partial charge in [0.2, 0.25) is 0 Å². The molecule has 7 heteroatoms. The number of rotatable bonds is 5. The van der Waals surface area contributed by atoms with Crippen LogP contribution >= 0.6 is 23.2 Å². The molecule has 1 aromatic heterocycles. The van der Waals surface area contributed by atoms with E-state index < -0.39 is 11.8 Å².